The summed E-state index contributed by atoms with van der Waals surface area (Å²) in [6.45, 7) is -0.637. The summed E-state index contributed by atoms with van der Waals surface area (Å²) in [4.78, 5) is 12.0. The van der Waals surface area contributed by atoms with Gasteiger partial charge in [0.1, 0.15) is 24.4 Å². The molecule has 10 nitrogen and oxygen atoms in total. The number of phenolic OH excluding ortho intramolecular Hbond substituents is 1. The Bertz CT molecular complexity index is 661. The fourth-order valence-electron chi connectivity index (χ4n) is 2.49. The second-order valence-electron chi connectivity index (χ2n) is 5.74. The van der Waals surface area contributed by atoms with Gasteiger partial charge in [-0.15, -0.1) is 0 Å². The molecule has 0 amide bonds. The highest BCUT2D eigenvalue weighted by atomic mass is 16.7. The lowest BCUT2D eigenvalue weighted by molar-refractivity contribution is -0.291. The molecular weight excluding hydrogens is 364 g/mol. The van der Waals surface area contributed by atoms with E-state index >= 15 is 0 Å². The summed E-state index contributed by atoms with van der Waals surface area (Å²) in [6.07, 6.45) is -5.27. The monoisotopic (exact) mass is 386 g/mol. The molecule has 1 aromatic rings. The molecular formula is C17H22O10. The van der Waals surface area contributed by atoms with Crippen molar-refractivity contribution in [3.63, 3.8) is 0 Å². The van der Waals surface area contributed by atoms with E-state index in [1.165, 1.54) is 32.4 Å². The Labute approximate surface area is 154 Å². The Balaban J connectivity index is 2.09. The number of phenols is 1. The number of rotatable bonds is 6. The number of esters is 1. The first-order chi connectivity index (χ1) is 12.8. The van der Waals surface area contributed by atoms with Gasteiger partial charge in [0.05, 0.1) is 20.8 Å². The van der Waals surface area contributed by atoms with E-state index in [2.05, 4.69) is 0 Å². The molecule has 27 heavy (non-hydrogen) atoms. The second kappa shape index (κ2) is 9.02. The van der Waals surface area contributed by atoms with E-state index in [-0.39, 0.29) is 17.2 Å². The molecule has 0 radical (unpaired) electrons. The zero-order chi connectivity index (χ0) is 20.1. The summed E-state index contributed by atoms with van der Waals surface area (Å²) in [5, 5.41) is 48.2. The number of carbonyl (C=O) groups excluding carboxylic acids is 1. The Morgan fingerprint density at radius 3 is 2.22 bits per heavy atom. The third-order valence-electron chi connectivity index (χ3n) is 3.99. The molecule has 1 saturated heterocycles. The fourth-order valence-corrected chi connectivity index (χ4v) is 2.49. The van der Waals surface area contributed by atoms with Gasteiger partial charge in [0.2, 0.25) is 12.0 Å². The molecule has 0 aliphatic carbocycles. The molecule has 10 heteroatoms. The van der Waals surface area contributed by atoms with Crippen LogP contribution in [0.25, 0.3) is 6.08 Å². The molecule has 1 aromatic carbocycles. The van der Waals surface area contributed by atoms with E-state index in [0.29, 0.717) is 5.56 Å². The van der Waals surface area contributed by atoms with Crippen LogP contribution in [0.4, 0.5) is 0 Å². The van der Waals surface area contributed by atoms with Crippen molar-refractivity contribution in [2.45, 2.75) is 30.7 Å². The third kappa shape index (κ3) is 4.67. The molecule has 0 bridgehead atoms. The van der Waals surface area contributed by atoms with Crippen LogP contribution >= 0.6 is 0 Å². The van der Waals surface area contributed by atoms with Gasteiger partial charge >= 0.3 is 5.97 Å². The zero-order valence-corrected chi connectivity index (χ0v) is 14.7. The van der Waals surface area contributed by atoms with Crippen LogP contribution in [-0.4, -0.2) is 83.0 Å². The van der Waals surface area contributed by atoms with Gasteiger partial charge in [0.15, 0.2) is 11.5 Å². The molecule has 0 saturated carbocycles. The molecule has 0 aromatic heterocycles. The van der Waals surface area contributed by atoms with Crippen LogP contribution in [0.2, 0.25) is 0 Å². The summed E-state index contributed by atoms with van der Waals surface area (Å²) in [5.74, 6) is -0.834. The van der Waals surface area contributed by atoms with Crippen LogP contribution in [0.15, 0.2) is 18.2 Å². The SMILES string of the molecule is COc1cc(/C=C/C(=O)OC2OC(CO)C(O)C(O)C2O)cc(OC)c1O. The van der Waals surface area contributed by atoms with Crippen molar-refractivity contribution in [1.82, 2.24) is 0 Å². The minimum absolute atomic E-state index is 0.135. The normalized spacial score (nSPS) is 28.1. The molecule has 1 fully saturated rings. The van der Waals surface area contributed by atoms with Gasteiger partial charge in [0, 0.05) is 6.08 Å². The zero-order valence-electron chi connectivity index (χ0n) is 14.7. The number of aromatic hydroxyl groups is 1. The quantitative estimate of drug-likeness (QED) is 0.296. The van der Waals surface area contributed by atoms with E-state index in [1.807, 2.05) is 0 Å². The predicted octanol–water partition coefficient (Wildman–Crippen LogP) is -1.23. The lowest BCUT2D eigenvalue weighted by Crippen LogP contribution is -2.59. The average molecular weight is 386 g/mol. The number of hydrogen-bond donors (Lipinski definition) is 5. The first kappa shape index (κ1) is 20.9. The number of methoxy groups -OCH3 is 2. The molecule has 5 atom stereocenters. The van der Waals surface area contributed by atoms with Gasteiger partial charge in [-0.1, -0.05) is 0 Å². The maximum absolute atomic E-state index is 12.0. The largest absolute Gasteiger partial charge is 0.502 e. The molecule has 0 spiro atoms. The predicted molar refractivity (Wildman–Crippen MR) is 90.1 cm³/mol. The highest BCUT2D eigenvalue weighted by Gasteiger charge is 2.45. The molecule has 5 unspecified atom stereocenters. The van der Waals surface area contributed by atoms with Crippen LogP contribution in [0.5, 0.6) is 17.2 Å². The Morgan fingerprint density at radius 2 is 1.70 bits per heavy atom. The van der Waals surface area contributed by atoms with E-state index in [0.717, 1.165) is 6.08 Å². The van der Waals surface area contributed by atoms with Crippen molar-refractivity contribution in [2.75, 3.05) is 20.8 Å². The molecule has 150 valence electrons. The van der Waals surface area contributed by atoms with E-state index in [9.17, 15) is 25.2 Å². The van der Waals surface area contributed by atoms with Crippen molar-refractivity contribution in [1.29, 1.82) is 0 Å². The van der Waals surface area contributed by atoms with Crippen LogP contribution in [0, 0.1) is 0 Å². The fraction of sp³-hybridized carbons (Fsp3) is 0.471. The van der Waals surface area contributed by atoms with Crippen LogP contribution in [0.1, 0.15) is 5.56 Å². The summed E-state index contributed by atoms with van der Waals surface area (Å²) in [7, 11) is 2.71. The standard InChI is InChI=1S/C17H22O10/c1-24-9-5-8(6-10(25-2)13(9)20)3-4-12(19)27-17-16(23)15(22)14(21)11(7-18)26-17/h3-6,11,14-18,20-23H,7H2,1-2H3/b4-3+. The van der Waals surface area contributed by atoms with Gasteiger partial charge in [-0.2, -0.15) is 0 Å². The highest BCUT2D eigenvalue weighted by molar-refractivity contribution is 5.87. The van der Waals surface area contributed by atoms with Gasteiger partial charge in [-0.3, -0.25) is 0 Å². The van der Waals surface area contributed by atoms with E-state index < -0.39 is 43.3 Å². The topological polar surface area (TPSA) is 155 Å². The maximum atomic E-state index is 12.0. The summed E-state index contributed by atoms with van der Waals surface area (Å²) in [5.41, 5.74) is 0.451. The molecule has 1 heterocycles. The lowest BCUT2D eigenvalue weighted by Gasteiger charge is -2.38. The first-order valence-corrected chi connectivity index (χ1v) is 7.96. The lowest BCUT2D eigenvalue weighted by atomic mass is 9.99. The van der Waals surface area contributed by atoms with Crippen molar-refractivity contribution in [3.05, 3.63) is 23.8 Å². The summed E-state index contributed by atoms with van der Waals surface area (Å²) >= 11 is 0. The van der Waals surface area contributed by atoms with Crippen molar-refractivity contribution < 1.29 is 49.3 Å². The number of ether oxygens (including phenoxy) is 4. The number of aliphatic hydroxyl groups excluding tert-OH is 4. The number of benzene rings is 1. The van der Waals surface area contributed by atoms with Gasteiger partial charge in [-0.25, -0.2) is 4.79 Å². The Kier molecular flexibility index (Phi) is 6.99. The average Bonchev–Trinajstić information content (AvgIpc) is 2.67. The minimum Gasteiger partial charge on any atom is -0.502 e. The van der Waals surface area contributed by atoms with Crippen molar-refractivity contribution >= 4 is 12.0 Å². The van der Waals surface area contributed by atoms with Crippen LogP contribution in [0.3, 0.4) is 0 Å². The second-order valence-corrected chi connectivity index (χ2v) is 5.74. The smallest absolute Gasteiger partial charge is 0.333 e. The Morgan fingerprint density at radius 1 is 1.11 bits per heavy atom. The number of aliphatic hydroxyl groups is 4. The van der Waals surface area contributed by atoms with Gasteiger partial charge in [0.25, 0.3) is 0 Å². The van der Waals surface area contributed by atoms with Gasteiger partial charge < -0.3 is 44.5 Å². The summed E-state index contributed by atoms with van der Waals surface area (Å²) in [6, 6.07) is 2.91. The molecule has 5 N–H and O–H groups in total. The van der Waals surface area contributed by atoms with Crippen molar-refractivity contribution in [3.8, 4) is 17.2 Å². The van der Waals surface area contributed by atoms with Crippen LogP contribution in [-0.2, 0) is 14.3 Å². The number of hydrogen-bond acceptors (Lipinski definition) is 10. The van der Waals surface area contributed by atoms with Crippen molar-refractivity contribution in [2.24, 2.45) is 0 Å². The maximum Gasteiger partial charge on any atom is 0.333 e. The highest BCUT2D eigenvalue weighted by Crippen LogP contribution is 2.37. The molecule has 1 aliphatic heterocycles. The molecule has 2 rings (SSSR count). The first-order valence-electron chi connectivity index (χ1n) is 7.96. The van der Waals surface area contributed by atoms with E-state index in [4.69, 9.17) is 24.1 Å². The van der Waals surface area contributed by atoms with E-state index in [1.54, 1.807) is 0 Å². The third-order valence-corrected chi connectivity index (χ3v) is 3.99. The van der Waals surface area contributed by atoms with Gasteiger partial charge in [-0.05, 0) is 23.8 Å². The minimum atomic E-state index is -1.69. The summed E-state index contributed by atoms with van der Waals surface area (Å²) < 4.78 is 20.0. The Hall–Kier alpha value is -2.37. The number of carbonyl (C=O) groups is 1. The molecule has 1 aliphatic rings. The van der Waals surface area contributed by atoms with Crippen LogP contribution < -0.4 is 9.47 Å².